The first-order valence-corrected chi connectivity index (χ1v) is 9.21. The molecule has 2 amide bonds. The molecule has 0 radical (unpaired) electrons. The average molecular weight is 384 g/mol. The Bertz CT molecular complexity index is 808. The summed E-state index contributed by atoms with van der Waals surface area (Å²) in [5.41, 5.74) is 1.77. The van der Waals surface area contributed by atoms with Crippen LogP contribution in [0.1, 0.15) is 12.0 Å². The van der Waals surface area contributed by atoms with Gasteiger partial charge in [-0.3, -0.25) is 15.0 Å². The molecule has 28 heavy (non-hydrogen) atoms. The number of non-ortho nitro benzene ring substituents is 1. The van der Waals surface area contributed by atoms with Gasteiger partial charge in [-0.2, -0.15) is 0 Å². The lowest BCUT2D eigenvalue weighted by Gasteiger charge is -2.22. The van der Waals surface area contributed by atoms with Crippen LogP contribution in [0.15, 0.2) is 48.5 Å². The molecule has 0 spiro atoms. The highest BCUT2D eigenvalue weighted by Gasteiger charge is 2.19. The Hall–Kier alpha value is -3.13. The van der Waals surface area contributed by atoms with Crippen LogP contribution in [-0.2, 0) is 6.54 Å². The van der Waals surface area contributed by atoms with Gasteiger partial charge in [0.05, 0.1) is 12.0 Å². The normalized spacial score (nSPS) is 15.0. The second-order valence-electron chi connectivity index (χ2n) is 6.70. The van der Waals surface area contributed by atoms with Crippen molar-refractivity contribution in [1.29, 1.82) is 0 Å². The monoisotopic (exact) mass is 384 g/mol. The predicted molar refractivity (Wildman–Crippen MR) is 107 cm³/mol. The van der Waals surface area contributed by atoms with Crippen LogP contribution in [0, 0.1) is 10.1 Å². The van der Waals surface area contributed by atoms with Crippen LogP contribution in [0.4, 0.5) is 16.2 Å². The molecule has 8 heteroatoms. The molecule has 1 aliphatic heterocycles. The van der Waals surface area contributed by atoms with E-state index in [1.807, 2.05) is 12.1 Å². The molecule has 8 nitrogen and oxygen atoms in total. The number of carbonyl (C=O) groups excluding carboxylic acids is 1. The first-order chi connectivity index (χ1) is 13.5. The fourth-order valence-electron chi connectivity index (χ4n) is 3.19. The van der Waals surface area contributed by atoms with Crippen LogP contribution in [0.3, 0.4) is 0 Å². The maximum Gasteiger partial charge on any atom is 0.321 e. The fraction of sp³-hybridized carbons (Fsp3) is 0.350. The number of nitrogens with one attached hydrogen (secondary N) is 1. The fourth-order valence-corrected chi connectivity index (χ4v) is 3.19. The van der Waals surface area contributed by atoms with Gasteiger partial charge in [0.1, 0.15) is 5.75 Å². The molecule has 0 atom stereocenters. The highest BCUT2D eigenvalue weighted by atomic mass is 16.6. The number of rotatable bonds is 5. The van der Waals surface area contributed by atoms with Crippen molar-refractivity contribution in [2.75, 3.05) is 38.6 Å². The van der Waals surface area contributed by atoms with Gasteiger partial charge in [-0.1, -0.05) is 12.1 Å². The molecule has 2 aromatic rings. The number of hydrogen-bond acceptors (Lipinski definition) is 5. The van der Waals surface area contributed by atoms with E-state index >= 15 is 0 Å². The zero-order chi connectivity index (χ0) is 19.9. The van der Waals surface area contributed by atoms with E-state index in [1.165, 1.54) is 17.7 Å². The van der Waals surface area contributed by atoms with Crippen LogP contribution in [0.25, 0.3) is 0 Å². The third kappa shape index (κ3) is 5.20. The third-order valence-electron chi connectivity index (χ3n) is 4.77. The molecule has 0 bridgehead atoms. The second kappa shape index (κ2) is 9.18. The Morgan fingerprint density at radius 2 is 1.79 bits per heavy atom. The van der Waals surface area contributed by atoms with E-state index in [0.717, 1.165) is 31.8 Å². The maximum absolute atomic E-state index is 12.5. The number of benzene rings is 2. The minimum atomic E-state index is -0.461. The lowest BCUT2D eigenvalue weighted by molar-refractivity contribution is -0.384. The predicted octanol–water partition coefficient (Wildman–Crippen LogP) is 3.34. The molecule has 1 fully saturated rings. The van der Waals surface area contributed by atoms with Crippen LogP contribution in [-0.4, -0.2) is 54.0 Å². The third-order valence-corrected chi connectivity index (χ3v) is 4.77. The summed E-state index contributed by atoms with van der Waals surface area (Å²) in [6.07, 6.45) is 0.893. The van der Waals surface area contributed by atoms with Gasteiger partial charge in [0.15, 0.2) is 0 Å². The number of anilines is 1. The maximum atomic E-state index is 12.5. The minimum absolute atomic E-state index is 0.00180. The van der Waals surface area contributed by atoms with Crippen molar-refractivity contribution < 1.29 is 14.5 Å². The van der Waals surface area contributed by atoms with Crippen LogP contribution < -0.4 is 10.1 Å². The zero-order valence-corrected chi connectivity index (χ0v) is 15.8. The van der Waals surface area contributed by atoms with Crippen molar-refractivity contribution in [2.24, 2.45) is 0 Å². The number of methoxy groups -OCH3 is 1. The Balaban J connectivity index is 1.52. The Morgan fingerprint density at radius 3 is 2.43 bits per heavy atom. The van der Waals surface area contributed by atoms with Gasteiger partial charge in [0, 0.05) is 50.5 Å². The van der Waals surface area contributed by atoms with Crippen molar-refractivity contribution in [3.8, 4) is 5.75 Å². The van der Waals surface area contributed by atoms with E-state index in [1.54, 1.807) is 24.1 Å². The summed E-state index contributed by atoms with van der Waals surface area (Å²) < 4.78 is 5.19. The summed E-state index contributed by atoms with van der Waals surface area (Å²) >= 11 is 0. The number of nitro benzene ring substituents is 1. The number of hydrogen-bond donors (Lipinski definition) is 1. The van der Waals surface area contributed by atoms with E-state index in [-0.39, 0.29) is 11.7 Å². The second-order valence-corrected chi connectivity index (χ2v) is 6.70. The van der Waals surface area contributed by atoms with Crippen LogP contribution in [0.2, 0.25) is 0 Å². The van der Waals surface area contributed by atoms with Crippen molar-refractivity contribution in [1.82, 2.24) is 9.80 Å². The molecule has 1 N–H and O–H groups in total. The van der Waals surface area contributed by atoms with Gasteiger partial charge in [-0.25, -0.2) is 4.79 Å². The quantitative estimate of drug-likeness (QED) is 0.631. The summed E-state index contributed by atoms with van der Waals surface area (Å²) in [7, 11) is 1.65. The molecule has 3 rings (SSSR count). The highest BCUT2D eigenvalue weighted by molar-refractivity contribution is 5.89. The summed E-state index contributed by atoms with van der Waals surface area (Å²) in [6, 6.07) is 13.7. The molecular weight excluding hydrogens is 360 g/mol. The Kier molecular flexibility index (Phi) is 6.44. The van der Waals surface area contributed by atoms with E-state index in [2.05, 4.69) is 22.3 Å². The smallest absolute Gasteiger partial charge is 0.321 e. The lowest BCUT2D eigenvalue weighted by Crippen LogP contribution is -2.38. The van der Waals surface area contributed by atoms with Crippen molar-refractivity contribution in [2.45, 2.75) is 13.0 Å². The summed E-state index contributed by atoms with van der Waals surface area (Å²) in [5, 5.41) is 13.5. The van der Waals surface area contributed by atoms with Gasteiger partial charge in [-0.05, 0) is 36.2 Å². The molecule has 1 heterocycles. The molecule has 0 aliphatic carbocycles. The van der Waals surface area contributed by atoms with Gasteiger partial charge >= 0.3 is 6.03 Å². The van der Waals surface area contributed by atoms with Crippen molar-refractivity contribution in [3.05, 3.63) is 64.2 Å². The van der Waals surface area contributed by atoms with Gasteiger partial charge < -0.3 is 15.0 Å². The van der Waals surface area contributed by atoms with E-state index in [0.29, 0.717) is 18.8 Å². The summed E-state index contributed by atoms with van der Waals surface area (Å²) in [5.74, 6) is 0.841. The molecule has 0 unspecified atom stereocenters. The standard InChI is InChI=1S/C20H24N4O4/c1-28-19-9-3-16(4-10-19)15-22-11-2-12-23(14-13-22)20(25)21-17-5-7-18(8-6-17)24(26)27/h3-10H,2,11-15H2,1H3,(H,21,25). The van der Waals surface area contributed by atoms with Crippen LogP contribution >= 0.6 is 0 Å². The molecule has 1 saturated heterocycles. The molecular formula is C20H24N4O4. The van der Waals surface area contributed by atoms with Crippen molar-refractivity contribution >= 4 is 17.4 Å². The van der Waals surface area contributed by atoms with E-state index < -0.39 is 4.92 Å². The topological polar surface area (TPSA) is 88.0 Å². The van der Waals surface area contributed by atoms with E-state index in [9.17, 15) is 14.9 Å². The van der Waals surface area contributed by atoms with Crippen LogP contribution in [0.5, 0.6) is 5.75 Å². The number of urea groups is 1. The van der Waals surface area contributed by atoms with Crippen molar-refractivity contribution in [3.63, 3.8) is 0 Å². The lowest BCUT2D eigenvalue weighted by atomic mass is 10.2. The Labute approximate surface area is 163 Å². The highest BCUT2D eigenvalue weighted by Crippen LogP contribution is 2.17. The van der Waals surface area contributed by atoms with Gasteiger partial charge in [-0.15, -0.1) is 0 Å². The molecule has 0 saturated carbocycles. The molecule has 1 aliphatic rings. The number of nitrogens with zero attached hydrogens (tertiary/aromatic N) is 3. The minimum Gasteiger partial charge on any atom is -0.497 e. The molecule has 0 aromatic heterocycles. The SMILES string of the molecule is COc1ccc(CN2CCCN(C(=O)Nc3ccc([N+](=O)[O-])cc3)CC2)cc1. The molecule has 148 valence electrons. The number of amides is 2. The molecule has 2 aromatic carbocycles. The number of nitro groups is 1. The largest absolute Gasteiger partial charge is 0.497 e. The Morgan fingerprint density at radius 1 is 1.07 bits per heavy atom. The first kappa shape index (κ1) is 19.6. The number of ether oxygens (including phenoxy) is 1. The first-order valence-electron chi connectivity index (χ1n) is 9.21. The van der Waals surface area contributed by atoms with Gasteiger partial charge in [0.25, 0.3) is 5.69 Å². The van der Waals surface area contributed by atoms with Gasteiger partial charge in [0.2, 0.25) is 0 Å². The zero-order valence-electron chi connectivity index (χ0n) is 15.8. The summed E-state index contributed by atoms with van der Waals surface area (Å²) in [6.45, 7) is 3.86. The average Bonchev–Trinajstić information content (AvgIpc) is 2.94. The summed E-state index contributed by atoms with van der Waals surface area (Å²) in [4.78, 5) is 26.9. The number of carbonyl (C=O) groups is 1. The van der Waals surface area contributed by atoms with E-state index in [4.69, 9.17) is 4.74 Å².